The van der Waals surface area contributed by atoms with Gasteiger partial charge in [0, 0.05) is 83.6 Å². The van der Waals surface area contributed by atoms with E-state index in [0.717, 1.165) is 92.0 Å². The summed E-state index contributed by atoms with van der Waals surface area (Å²) in [7, 11) is 1.68. The van der Waals surface area contributed by atoms with Crippen LogP contribution >= 0.6 is 47.8 Å². The molecule has 3 unspecified atom stereocenters. The normalized spacial score (nSPS) is 14.0. The van der Waals surface area contributed by atoms with Crippen molar-refractivity contribution in [3.8, 4) is 50.3 Å². The molecule has 122 heavy (non-hydrogen) atoms. The second kappa shape index (κ2) is 43.4. The molecule has 6 heterocycles. The topological polar surface area (TPSA) is 211 Å². The monoisotopic (exact) mass is 1830 g/mol. The molecule has 0 spiro atoms. The standard InChI is InChI=1S/C20H23NO2.C18H20N2O.C18H22N2.C15H15N.C13H16BrNO2.C8H8BrN.C8H10O.C3H6BrNO/c1-14-6-5-7-15(12-14)16-8-9-18-17(13-16)10-11-21(18)19(22)23-20(2,3)4;1-12-4-3-5-14(10-12)15-6-7-17-16(11-15)8-9-20(17)13(2)18(19)21;1-13-4-3-5-15(10-13)16-6-7-18-17(11-16)8-9-20(18)14(2)12-19;1-11-3-2-4-12(9-11)13-5-6-15-14(10-13)7-8-16-15;1-13(2,3)17-12(16)15-7-6-9-8-10(14)4-5-11(9)15;9-7-1-2-8-6(5-7)3-4-10-8;1-7-4-3-5-8(6-7)9-2;1-2(4)3(5)6/h5-9,12-13H,10-11H2,1-4H3;3-7,10-11,13H,8-9H2,1-2H3,(H2,19,21);3-7,10-11,14H,8-9,12,19H2,1-2H3;2-6,9-10,16H,7-8H2,1H3;4-5,8H,6-7H2,1-3H3;1-2,5,10H,3-4H2;3-6H,1-2H3;2H,1H3,(H2,5,6). The van der Waals surface area contributed by atoms with E-state index in [1.54, 1.807) is 23.8 Å². The minimum Gasteiger partial charge on any atom is -0.497 e. The number of fused-ring (bicyclic) bond motifs is 6. The van der Waals surface area contributed by atoms with Gasteiger partial charge in [-0.05, 0) is 316 Å². The van der Waals surface area contributed by atoms with Crippen molar-refractivity contribution >= 4 is 106 Å². The Labute approximate surface area is 748 Å². The van der Waals surface area contributed by atoms with Crippen LogP contribution in [0.1, 0.15) is 124 Å². The molecule has 0 saturated carbocycles. The molecule has 6 aliphatic heterocycles. The lowest BCUT2D eigenvalue weighted by molar-refractivity contribution is -0.119. The van der Waals surface area contributed by atoms with E-state index in [9.17, 15) is 19.2 Å². The van der Waals surface area contributed by atoms with Gasteiger partial charge in [0.2, 0.25) is 11.8 Å². The number of ether oxygens (including phenoxy) is 3. The Bertz CT molecular complexity index is 5440. The van der Waals surface area contributed by atoms with Crippen LogP contribution in [0.3, 0.4) is 0 Å². The fourth-order valence-corrected chi connectivity index (χ4v) is 15.9. The van der Waals surface area contributed by atoms with E-state index in [1.807, 2.05) is 97.9 Å². The van der Waals surface area contributed by atoms with Crippen LogP contribution in [0, 0.1) is 34.6 Å². The molecule has 4 amide bonds. The number of rotatable bonds is 10. The van der Waals surface area contributed by atoms with Gasteiger partial charge in [0.1, 0.15) is 23.0 Å². The van der Waals surface area contributed by atoms with Crippen LogP contribution in [0.15, 0.2) is 239 Å². The zero-order valence-corrected chi connectivity index (χ0v) is 78.1. The number of carbonyl (C=O) groups is 4. The lowest BCUT2D eigenvalue weighted by Gasteiger charge is -2.26. The van der Waals surface area contributed by atoms with Crippen molar-refractivity contribution in [2.45, 2.75) is 164 Å². The molecule has 0 bridgehead atoms. The van der Waals surface area contributed by atoms with Crippen molar-refractivity contribution in [1.82, 2.24) is 0 Å². The quantitative estimate of drug-likeness (QED) is 0.0810. The summed E-state index contributed by atoms with van der Waals surface area (Å²) in [5.41, 5.74) is 46.6. The molecule has 16 nitrogen and oxygen atoms in total. The Morgan fingerprint density at radius 1 is 0.393 bits per heavy atom. The predicted octanol–water partition coefficient (Wildman–Crippen LogP) is 23.3. The summed E-state index contributed by atoms with van der Waals surface area (Å²) in [6, 6.07) is 81.1. The van der Waals surface area contributed by atoms with Gasteiger partial charge in [0.25, 0.3) is 0 Å². The molecule has 6 aliphatic rings. The number of halogens is 3. The van der Waals surface area contributed by atoms with Crippen molar-refractivity contribution in [3.05, 3.63) is 301 Å². The van der Waals surface area contributed by atoms with Crippen molar-refractivity contribution in [2.75, 3.05) is 83.2 Å². The van der Waals surface area contributed by atoms with Crippen molar-refractivity contribution in [3.63, 3.8) is 0 Å². The number of nitrogens with one attached hydrogen (secondary N) is 2. The number of hydrogen-bond acceptors (Lipinski definition) is 12. The number of amides is 4. The Hall–Kier alpha value is -10.7. The number of hydrogen-bond donors (Lipinski definition) is 5. The zero-order chi connectivity index (χ0) is 88.1. The second-order valence-corrected chi connectivity index (χ2v) is 36.9. The first kappa shape index (κ1) is 93.6. The van der Waals surface area contributed by atoms with Crippen LogP contribution in [-0.4, -0.2) is 105 Å². The number of nitrogens with zero attached hydrogens (tertiary/aromatic N) is 4. The summed E-state index contributed by atoms with van der Waals surface area (Å²) in [5, 5.41) is 6.70. The van der Waals surface area contributed by atoms with Gasteiger partial charge in [0.15, 0.2) is 0 Å². The number of carbonyl (C=O) groups excluding carboxylic acids is 4. The predicted molar refractivity (Wildman–Crippen MR) is 518 cm³/mol. The minimum atomic E-state index is -0.471. The number of aryl methyl sites for hydroxylation is 5. The van der Waals surface area contributed by atoms with Gasteiger partial charge in [-0.2, -0.15) is 0 Å². The molecule has 0 saturated heterocycles. The van der Waals surface area contributed by atoms with Crippen LogP contribution in [0.25, 0.3) is 44.5 Å². The van der Waals surface area contributed by atoms with Crippen LogP contribution in [0.5, 0.6) is 5.75 Å². The average molecular weight is 1840 g/mol. The first-order valence-electron chi connectivity index (χ1n) is 42.0. The lowest BCUT2D eigenvalue weighted by atomic mass is 10.0. The van der Waals surface area contributed by atoms with Crippen LogP contribution in [0.4, 0.5) is 43.7 Å². The van der Waals surface area contributed by atoms with Gasteiger partial charge in [0.05, 0.1) is 23.3 Å². The highest BCUT2D eigenvalue weighted by molar-refractivity contribution is 9.11. The molecule has 0 aromatic heterocycles. The molecule has 11 aromatic carbocycles. The minimum absolute atomic E-state index is 0.197. The number of anilines is 6. The Morgan fingerprint density at radius 2 is 0.713 bits per heavy atom. The van der Waals surface area contributed by atoms with E-state index in [-0.39, 0.29) is 34.9 Å². The Morgan fingerprint density at radius 3 is 1.10 bits per heavy atom. The van der Waals surface area contributed by atoms with Gasteiger partial charge >= 0.3 is 12.2 Å². The van der Waals surface area contributed by atoms with Crippen molar-refractivity contribution in [1.29, 1.82) is 0 Å². The smallest absolute Gasteiger partial charge is 0.414 e. The van der Waals surface area contributed by atoms with E-state index in [1.165, 1.54) is 127 Å². The summed E-state index contributed by atoms with van der Waals surface area (Å²) in [5.74, 6) is 0.329. The third-order valence-corrected chi connectivity index (χ3v) is 23.0. The molecule has 8 N–H and O–H groups in total. The summed E-state index contributed by atoms with van der Waals surface area (Å²) in [6.07, 6.45) is 5.62. The first-order valence-corrected chi connectivity index (χ1v) is 44.5. The summed E-state index contributed by atoms with van der Waals surface area (Å²) in [4.78, 5) is 53.4. The number of methoxy groups -OCH3 is 1. The maximum Gasteiger partial charge on any atom is 0.414 e. The largest absolute Gasteiger partial charge is 0.497 e. The molecule has 19 heteroatoms. The molecule has 0 radical (unpaired) electrons. The highest BCUT2D eigenvalue weighted by Crippen LogP contribution is 2.39. The number of primary amides is 2. The SMILES string of the molecule is Brc1ccc2c(c1)CCN2.CC(Br)C(N)=O.CC(C)(C)OC(=O)N1CCc2cc(Br)ccc21.COc1cccc(C)c1.Cc1cccc(-c2ccc3c(c2)CCN3)c1.Cc1cccc(-c2ccc3c(c2)CCN3C(=O)OC(C)(C)C)c1.Cc1cccc(-c2ccc3c(c2)CCN3C(C)C(N)=O)c1.Cc1cccc(-c2ccc3c(c2)CCN3C(C)CN)c1. The molecular weight excluding hydrogens is 1710 g/mol. The second-order valence-electron chi connectivity index (χ2n) is 33.7. The highest BCUT2D eigenvalue weighted by atomic mass is 79.9. The van der Waals surface area contributed by atoms with Crippen molar-refractivity contribution in [2.24, 2.45) is 17.2 Å². The fraction of sp³-hybridized carbons (Fsp3) is 0.320. The number of benzene rings is 11. The van der Waals surface area contributed by atoms with Crippen LogP contribution in [-0.2, 0) is 57.6 Å². The van der Waals surface area contributed by atoms with E-state index in [0.29, 0.717) is 25.7 Å². The maximum atomic E-state index is 12.3. The molecule has 0 aliphatic carbocycles. The number of alkyl halides is 1. The molecule has 17 rings (SSSR count). The molecule has 11 aromatic rings. The third kappa shape index (κ3) is 26.7. The van der Waals surface area contributed by atoms with Gasteiger partial charge in [-0.1, -0.05) is 204 Å². The molecule has 3 atom stereocenters. The van der Waals surface area contributed by atoms with Gasteiger partial charge in [-0.25, -0.2) is 9.59 Å². The summed E-state index contributed by atoms with van der Waals surface area (Å²) >= 11 is 9.84. The average Bonchev–Trinajstić information content (AvgIpc) is 1.69. The maximum absolute atomic E-state index is 12.3. The van der Waals surface area contributed by atoms with E-state index < -0.39 is 11.2 Å². The molecular formula is C103H120Br3N9O7. The van der Waals surface area contributed by atoms with E-state index >= 15 is 0 Å². The fourth-order valence-electron chi connectivity index (χ4n) is 15.1. The van der Waals surface area contributed by atoms with Gasteiger partial charge in [-0.3, -0.25) is 19.4 Å². The summed E-state index contributed by atoms with van der Waals surface area (Å²) < 4.78 is 18.1. The molecule has 0 fully saturated rings. The Balaban J connectivity index is 0.000000150. The van der Waals surface area contributed by atoms with E-state index in [2.05, 4.69) is 291 Å². The number of nitrogens with two attached hydrogens (primary N) is 3. The van der Waals surface area contributed by atoms with Crippen molar-refractivity contribution < 1.29 is 33.4 Å². The van der Waals surface area contributed by atoms with Crippen LogP contribution in [0.2, 0.25) is 0 Å². The van der Waals surface area contributed by atoms with Gasteiger partial charge in [-0.15, -0.1) is 0 Å². The lowest BCUT2D eigenvalue weighted by Crippen LogP contribution is -2.41. The van der Waals surface area contributed by atoms with Crippen LogP contribution < -0.4 is 52.2 Å². The summed E-state index contributed by atoms with van der Waals surface area (Å²) in [6.45, 7) is 33.8. The third-order valence-electron chi connectivity index (χ3n) is 21.5. The molecule has 640 valence electrons. The Kier molecular flexibility index (Phi) is 33.3. The first-order chi connectivity index (χ1) is 58.1. The zero-order valence-electron chi connectivity index (χ0n) is 73.4. The highest BCUT2D eigenvalue weighted by Gasteiger charge is 2.32. The van der Waals surface area contributed by atoms with Gasteiger partial charge < -0.3 is 51.8 Å². The van der Waals surface area contributed by atoms with E-state index in [4.69, 9.17) is 31.4 Å².